The van der Waals surface area contributed by atoms with Gasteiger partial charge in [-0.2, -0.15) is 0 Å². The van der Waals surface area contributed by atoms with E-state index in [1.807, 2.05) is 6.92 Å². The van der Waals surface area contributed by atoms with Crippen molar-refractivity contribution in [2.45, 2.75) is 6.92 Å². The topological polar surface area (TPSA) is 65.5 Å². The van der Waals surface area contributed by atoms with E-state index in [1.165, 1.54) is 19.2 Å². The van der Waals surface area contributed by atoms with E-state index in [1.54, 1.807) is 6.26 Å². The van der Waals surface area contributed by atoms with Gasteiger partial charge < -0.3 is 9.15 Å². The molecule has 5 heteroatoms. The molecule has 1 aromatic heterocycles. The number of ether oxygens (including phenoxy) is 1. The first-order valence-electron chi connectivity index (χ1n) is 4.33. The summed E-state index contributed by atoms with van der Waals surface area (Å²) in [6.07, 6.45) is 1.55. The number of hydrogen-bond acceptors (Lipinski definition) is 4. The highest BCUT2D eigenvalue weighted by molar-refractivity contribution is 5.88. The van der Waals surface area contributed by atoms with Crippen LogP contribution in [0.25, 0.3) is 11.0 Å². The molecule has 78 valence electrons. The van der Waals surface area contributed by atoms with Crippen LogP contribution in [0, 0.1) is 17.0 Å². The molecule has 1 aromatic carbocycles. The lowest BCUT2D eigenvalue weighted by molar-refractivity contribution is -0.384. The zero-order chi connectivity index (χ0) is 11.0. The van der Waals surface area contributed by atoms with Gasteiger partial charge in [-0.15, -0.1) is 0 Å². The molecule has 0 N–H and O–H groups in total. The van der Waals surface area contributed by atoms with Crippen LogP contribution in [0.15, 0.2) is 22.8 Å². The molecule has 1 heterocycles. The van der Waals surface area contributed by atoms with Crippen molar-refractivity contribution < 1.29 is 14.1 Å². The Labute approximate surface area is 85.4 Å². The molecule has 0 fully saturated rings. The summed E-state index contributed by atoms with van der Waals surface area (Å²) in [6.45, 7) is 1.83. The lowest BCUT2D eigenvalue weighted by atomic mass is 10.1. The smallest absolute Gasteiger partial charge is 0.274 e. The number of rotatable bonds is 2. The molecule has 2 aromatic rings. The Bertz CT molecular complexity index is 529. The highest BCUT2D eigenvalue weighted by Crippen LogP contribution is 2.33. The highest BCUT2D eigenvalue weighted by Gasteiger charge is 2.15. The molecule has 0 unspecified atom stereocenters. The molecular formula is C10H9NO4. The number of aryl methyl sites for hydroxylation is 1. The second-order valence-corrected chi connectivity index (χ2v) is 3.20. The number of furan rings is 1. The summed E-state index contributed by atoms with van der Waals surface area (Å²) in [4.78, 5) is 10.2. The van der Waals surface area contributed by atoms with E-state index in [-0.39, 0.29) is 5.69 Å². The van der Waals surface area contributed by atoms with Crippen LogP contribution in [-0.4, -0.2) is 12.0 Å². The first-order chi connectivity index (χ1) is 7.13. The van der Waals surface area contributed by atoms with Crippen molar-refractivity contribution in [3.8, 4) is 5.75 Å². The van der Waals surface area contributed by atoms with Crippen molar-refractivity contribution in [1.82, 2.24) is 0 Å². The average molecular weight is 207 g/mol. The summed E-state index contributed by atoms with van der Waals surface area (Å²) in [5.41, 5.74) is 1.40. The van der Waals surface area contributed by atoms with Crippen molar-refractivity contribution in [2.24, 2.45) is 0 Å². The van der Waals surface area contributed by atoms with Gasteiger partial charge in [0.05, 0.1) is 24.4 Å². The Morgan fingerprint density at radius 1 is 1.47 bits per heavy atom. The largest absolute Gasteiger partial charge is 0.493 e. The summed E-state index contributed by atoms with van der Waals surface area (Å²) in [5.74, 6) is 0.382. The van der Waals surface area contributed by atoms with Gasteiger partial charge >= 0.3 is 0 Å². The number of nitro benzene ring substituents is 1. The van der Waals surface area contributed by atoms with E-state index in [9.17, 15) is 10.1 Å². The zero-order valence-electron chi connectivity index (χ0n) is 8.31. The van der Waals surface area contributed by atoms with Gasteiger partial charge in [0.15, 0.2) is 11.3 Å². The van der Waals surface area contributed by atoms with Gasteiger partial charge in [-0.25, -0.2) is 0 Å². The predicted octanol–water partition coefficient (Wildman–Crippen LogP) is 2.66. The molecule has 0 saturated carbocycles. The minimum atomic E-state index is -0.450. The van der Waals surface area contributed by atoms with E-state index in [0.29, 0.717) is 16.7 Å². The number of methoxy groups -OCH3 is 1. The van der Waals surface area contributed by atoms with E-state index in [4.69, 9.17) is 9.15 Å². The molecule has 0 saturated heterocycles. The first kappa shape index (κ1) is 9.51. The maximum absolute atomic E-state index is 10.7. The normalized spacial score (nSPS) is 10.5. The lowest BCUT2D eigenvalue weighted by Gasteiger charge is -2.00. The van der Waals surface area contributed by atoms with E-state index in [0.717, 1.165) is 5.56 Å². The number of nitro groups is 1. The molecule has 0 radical (unpaired) electrons. The van der Waals surface area contributed by atoms with Gasteiger partial charge in [0.1, 0.15) is 0 Å². The quantitative estimate of drug-likeness (QED) is 0.560. The first-order valence-corrected chi connectivity index (χ1v) is 4.33. The third-order valence-electron chi connectivity index (χ3n) is 2.25. The molecule has 0 bridgehead atoms. The molecule has 15 heavy (non-hydrogen) atoms. The molecule has 0 atom stereocenters. The highest BCUT2D eigenvalue weighted by atomic mass is 16.6. The summed E-state index contributed by atoms with van der Waals surface area (Å²) in [6, 6.07) is 2.84. The van der Waals surface area contributed by atoms with Crippen molar-refractivity contribution in [3.63, 3.8) is 0 Å². The van der Waals surface area contributed by atoms with Crippen LogP contribution in [0.1, 0.15) is 5.56 Å². The molecule has 0 aliphatic heterocycles. The maximum Gasteiger partial charge on any atom is 0.274 e. The average Bonchev–Trinajstić information content (AvgIpc) is 2.59. The van der Waals surface area contributed by atoms with Crippen LogP contribution >= 0.6 is 0 Å². The Morgan fingerprint density at radius 3 is 2.80 bits per heavy atom. The van der Waals surface area contributed by atoms with Gasteiger partial charge in [0, 0.05) is 11.5 Å². The fraction of sp³-hybridized carbons (Fsp3) is 0.200. The maximum atomic E-state index is 10.7. The van der Waals surface area contributed by atoms with Crippen LogP contribution < -0.4 is 4.74 Å². The fourth-order valence-corrected chi connectivity index (χ4v) is 1.47. The van der Waals surface area contributed by atoms with Crippen LogP contribution in [0.4, 0.5) is 5.69 Å². The third-order valence-corrected chi connectivity index (χ3v) is 2.25. The molecule has 0 amide bonds. The van der Waals surface area contributed by atoms with Crippen LogP contribution in [0.2, 0.25) is 0 Å². The van der Waals surface area contributed by atoms with Crippen molar-refractivity contribution in [2.75, 3.05) is 7.11 Å². The SMILES string of the molecule is COc1cc([N+](=O)[O-])cc2c(C)coc12. The predicted molar refractivity (Wildman–Crippen MR) is 54.2 cm³/mol. The van der Waals surface area contributed by atoms with E-state index >= 15 is 0 Å². The Hall–Kier alpha value is -2.04. The molecule has 0 aliphatic carbocycles. The Kier molecular flexibility index (Phi) is 2.07. The van der Waals surface area contributed by atoms with E-state index < -0.39 is 4.92 Å². The lowest BCUT2D eigenvalue weighted by Crippen LogP contribution is -1.90. The van der Waals surface area contributed by atoms with Gasteiger partial charge in [0.25, 0.3) is 5.69 Å². The molecular weight excluding hydrogens is 198 g/mol. The number of nitrogens with zero attached hydrogens (tertiary/aromatic N) is 1. The third kappa shape index (κ3) is 1.41. The number of benzene rings is 1. The number of non-ortho nitro benzene ring substituents is 1. The monoisotopic (exact) mass is 207 g/mol. The molecule has 2 rings (SSSR count). The van der Waals surface area contributed by atoms with Gasteiger partial charge in [0.2, 0.25) is 0 Å². The second-order valence-electron chi connectivity index (χ2n) is 3.20. The van der Waals surface area contributed by atoms with Crippen molar-refractivity contribution >= 4 is 16.7 Å². The molecule has 0 spiro atoms. The van der Waals surface area contributed by atoms with Crippen molar-refractivity contribution in [3.05, 3.63) is 34.1 Å². The molecule has 0 aliphatic rings. The van der Waals surface area contributed by atoms with Gasteiger partial charge in [-0.05, 0) is 12.5 Å². The fourth-order valence-electron chi connectivity index (χ4n) is 1.47. The summed E-state index contributed by atoms with van der Waals surface area (Å²) < 4.78 is 10.3. The Balaban J connectivity index is 2.79. The van der Waals surface area contributed by atoms with Crippen molar-refractivity contribution in [1.29, 1.82) is 0 Å². The molecule has 5 nitrogen and oxygen atoms in total. The number of fused-ring (bicyclic) bond motifs is 1. The summed E-state index contributed by atoms with van der Waals surface area (Å²) >= 11 is 0. The minimum absolute atomic E-state index is 0.00356. The zero-order valence-corrected chi connectivity index (χ0v) is 8.31. The minimum Gasteiger partial charge on any atom is -0.493 e. The van der Waals surface area contributed by atoms with Gasteiger partial charge in [-0.1, -0.05) is 0 Å². The Morgan fingerprint density at radius 2 is 2.20 bits per heavy atom. The summed E-state index contributed by atoms with van der Waals surface area (Å²) in [5, 5.41) is 11.4. The second kappa shape index (κ2) is 3.27. The number of hydrogen-bond donors (Lipinski definition) is 0. The van der Waals surface area contributed by atoms with Gasteiger partial charge in [-0.3, -0.25) is 10.1 Å². The van der Waals surface area contributed by atoms with E-state index in [2.05, 4.69) is 0 Å². The van der Waals surface area contributed by atoms with Crippen LogP contribution in [0.5, 0.6) is 5.75 Å². The summed E-state index contributed by atoms with van der Waals surface area (Å²) in [7, 11) is 1.45. The van der Waals surface area contributed by atoms with Crippen LogP contribution in [-0.2, 0) is 0 Å². The standard InChI is InChI=1S/C10H9NO4/c1-6-5-15-10-8(6)3-7(11(12)13)4-9(10)14-2/h3-5H,1-2H3. The van der Waals surface area contributed by atoms with Crippen LogP contribution in [0.3, 0.4) is 0 Å².